The molecular weight excluding hydrogens is 494 g/mol. The first kappa shape index (κ1) is 27.7. The number of nitrogens with zero attached hydrogens (tertiary/aromatic N) is 2. The molecule has 38 heavy (non-hydrogen) atoms. The number of carbonyl (C=O) groups excluding carboxylic acids is 2. The summed E-state index contributed by atoms with van der Waals surface area (Å²) in [4.78, 5) is 32.0. The van der Waals surface area contributed by atoms with Crippen LogP contribution in [0.4, 0.5) is 10.5 Å². The number of amides is 3. The molecule has 2 aromatic carbocycles. The number of aryl methyl sites for hydroxylation is 3. The van der Waals surface area contributed by atoms with Gasteiger partial charge < -0.3 is 19.9 Å². The second kappa shape index (κ2) is 12.5. The number of carbonyl (C=O) groups is 2. The predicted octanol–water partition coefficient (Wildman–Crippen LogP) is 6.76. The highest BCUT2D eigenvalue weighted by Crippen LogP contribution is 2.34. The Hall–Kier alpha value is -3.32. The Morgan fingerprint density at radius 3 is 2.55 bits per heavy atom. The Kier molecular flexibility index (Phi) is 9.10. The largest absolute Gasteiger partial charge is 0.491 e. The van der Waals surface area contributed by atoms with Crippen LogP contribution in [0.2, 0.25) is 0 Å². The van der Waals surface area contributed by atoms with Crippen molar-refractivity contribution in [1.82, 2.24) is 9.80 Å². The molecule has 0 aliphatic carbocycles. The van der Waals surface area contributed by atoms with Crippen LogP contribution >= 0.6 is 11.3 Å². The summed E-state index contributed by atoms with van der Waals surface area (Å²) in [6.07, 6.45) is 1.75. The fourth-order valence-corrected chi connectivity index (χ4v) is 5.75. The van der Waals surface area contributed by atoms with E-state index in [0.717, 1.165) is 41.0 Å². The summed E-state index contributed by atoms with van der Waals surface area (Å²) in [5.41, 5.74) is 5.27. The maximum absolute atomic E-state index is 13.8. The Labute approximate surface area is 230 Å². The van der Waals surface area contributed by atoms with E-state index in [1.54, 1.807) is 16.2 Å². The first-order chi connectivity index (χ1) is 18.2. The standard InChI is InChI=1S/C31H39N3O3S/c1-6-21(2)18-33(31(36)32-25-10-7-22(3)8-11-25)19-30(35)34-15-13-29-26(14-16-38-29)27(34)20-37-28-12-9-23(4)17-24(28)5/h7-12,14,16-17,21,27H,6,13,15,18-20H2,1-5H3,(H,32,36)/t21-,27-/m1/s1. The zero-order chi connectivity index (χ0) is 27.2. The number of benzene rings is 2. The Morgan fingerprint density at radius 1 is 1.11 bits per heavy atom. The molecule has 0 bridgehead atoms. The molecular formula is C31H39N3O3S. The van der Waals surface area contributed by atoms with E-state index in [9.17, 15) is 9.59 Å². The summed E-state index contributed by atoms with van der Waals surface area (Å²) in [5.74, 6) is 1.06. The third kappa shape index (κ3) is 6.76. The molecule has 0 saturated carbocycles. The molecule has 0 fully saturated rings. The summed E-state index contributed by atoms with van der Waals surface area (Å²) < 4.78 is 6.28. The van der Waals surface area contributed by atoms with Crippen LogP contribution in [0, 0.1) is 26.7 Å². The van der Waals surface area contributed by atoms with Gasteiger partial charge in [-0.05, 0) is 73.9 Å². The zero-order valence-corrected chi connectivity index (χ0v) is 23.9. The predicted molar refractivity (Wildman–Crippen MR) is 155 cm³/mol. The highest BCUT2D eigenvalue weighted by atomic mass is 32.1. The molecule has 0 spiro atoms. The van der Waals surface area contributed by atoms with E-state index in [0.29, 0.717) is 19.7 Å². The van der Waals surface area contributed by atoms with Crippen molar-refractivity contribution < 1.29 is 14.3 Å². The van der Waals surface area contributed by atoms with E-state index in [4.69, 9.17) is 4.74 Å². The summed E-state index contributed by atoms with van der Waals surface area (Å²) in [5, 5.41) is 5.07. The molecule has 1 N–H and O–H groups in total. The van der Waals surface area contributed by atoms with Crippen LogP contribution in [0.3, 0.4) is 0 Å². The van der Waals surface area contributed by atoms with Gasteiger partial charge in [-0.3, -0.25) is 4.79 Å². The number of hydrogen-bond acceptors (Lipinski definition) is 4. The van der Waals surface area contributed by atoms with Crippen molar-refractivity contribution in [2.45, 2.75) is 53.5 Å². The maximum Gasteiger partial charge on any atom is 0.322 e. The minimum atomic E-state index is -0.251. The lowest BCUT2D eigenvalue weighted by Gasteiger charge is -2.37. The Morgan fingerprint density at radius 2 is 1.84 bits per heavy atom. The van der Waals surface area contributed by atoms with Gasteiger partial charge >= 0.3 is 6.03 Å². The lowest BCUT2D eigenvalue weighted by Crippen LogP contribution is -2.49. The van der Waals surface area contributed by atoms with Gasteiger partial charge in [0.25, 0.3) is 0 Å². The molecule has 0 unspecified atom stereocenters. The monoisotopic (exact) mass is 533 g/mol. The van der Waals surface area contributed by atoms with Gasteiger partial charge in [-0.25, -0.2) is 4.79 Å². The van der Waals surface area contributed by atoms with Crippen LogP contribution in [0.15, 0.2) is 53.9 Å². The number of ether oxygens (including phenoxy) is 1. The van der Waals surface area contributed by atoms with Crippen molar-refractivity contribution in [1.29, 1.82) is 0 Å². The first-order valence-electron chi connectivity index (χ1n) is 13.4. The molecule has 0 saturated heterocycles. The van der Waals surface area contributed by atoms with Gasteiger partial charge in [-0.2, -0.15) is 0 Å². The van der Waals surface area contributed by atoms with E-state index >= 15 is 0 Å². The molecule has 3 aromatic rings. The average molecular weight is 534 g/mol. The van der Waals surface area contributed by atoms with Crippen molar-refractivity contribution in [3.8, 4) is 5.75 Å². The molecule has 2 atom stereocenters. The summed E-state index contributed by atoms with van der Waals surface area (Å²) in [6.45, 7) is 11.9. The second-order valence-corrected chi connectivity index (χ2v) is 11.4. The Bertz CT molecular complexity index is 1250. The number of rotatable bonds is 9. The molecule has 7 heteroatoms. The molecule has 1 aliphatic heterocycles. The van der Waals surface area contributed by atoms with E-state index in [1.807, 2.05) is 55.1 Å². The molecule has 1 aromatic heterocycles. The topological polar surface area (TPSA) is 61.9 Å². The maximum atomic E-state index is 13.8. The van der Waals surface area contributed by atoms with E-state index in [1.165, 1.54) is 10.4 Å². The molecule has 4 rings (SSSR count). The minimum Gasteiger partial charge on any atom is -0.491 e. The third-order valence-corrected chi connectivity index (χ3v) is 8.28. The van der Waals surface area contributed by atoms with Crippen molar-refractivity contribution in [3.63, 3.8) is 0 Å². The van der Waals surface area contributed by atoms with Crippen LogP contribution in [-0.4, -0.2) is 48.0 Å². The SMILES string of the molecule is CC[C@@H](C)CN(CC(=O)N1CCc2sccc2[C@H]1COc1ccc(C)cc1C)C(=O)Nc1ccc(C)cc1. The van der Waals surface area contributed by atoms with Crippen LogP contribution < -0.4 is 10.1 Å². The Balaban J connectivity index is 1.51. The van der Waals surface area contributed by atoms with Gasteiger partial charge in [0.1, 0.15) is 18.9 Å². The summed E-state index contributed by atoms with van der Waals surface area (Å²) in [6, 6.07) is 15.5. The zero-order valence-electron chi connectivity index (χ0n) is 23.1. The molecule has 6 nitrogen and oxygen atoms in total. The van der Waals surface area contributed by atoms with Gasteiger partial charge in [0.2, 0.25) is 5.91 Å². The lowest BCUT2D eigenvalue weighted by atomic mass is 10.00. The van der Waals surface area contributed by atoms with Crippen LogP contribution in [0.1, 0.15) is 53.4 Å². The smallest absolute Gasteiger partial charge is 0.322 e. The fourth-order valence-electron chi connectivity index (χ4n) is 4.82. The average Bonchev–Trinajstić information content (AvgIpc) is 3.38. The lowest BCUT2D eigenvalue weighted by molar-refractivity contribution is -0.135. The highest BCUT2D eigenvalue weighted by Gasteiger charge is 2.34. The van der Waals surface area contributed by atoms with Crippen molar-refractivity contribution in [2.75, 3.05) is 31.6 Å². The number of hydrogen-bond donors (Lipinski definition) is 1. The van der Waals surface area contributed by atoms with Gasteiger partial charge in [0, 0.05) is 23.7 Å². The van der Waals surface area contributed by atoms with Crippen LogP contribution in [-0.2, 0) is 11.2 Å². The number of fused-ring (bicyclic) bond motifs is 1. The highest BCUT2D eigenvalue weighted by molar-refractivity contribution is 7.10. The van der Waals surface area contributed by atoms with Crippen molar-refractivity contribution >= 4 is 29.0 Å². The van der Waals surface area contributed by atoms with Gasteiger partial charge in [0.05, 0.1) is 6.04 Å². The fraction of sp³-hybridized carbons (Fsp3) is 0.419. The number of nitrogens with one attached hydrogen (secondary N) is 1. The summed E-state index contributed by atoms with van der Waals surface area (Å²) >= 11 is 1.73. The van der Waals surface area contributed by atoms with E-state index in [2.05, 4.69) is 43.6 Å². The van der Waals surface area contributed by atoms with Crippen LogP contribution in [0.25, 0.3) is 0 Å². The number of anilines is 1. The van der Waals surface area contributed by atoms with E-state index in [-0.39, 0.29) is 30.4 Å². The van der Waals surface area contributed by atoms with Crippen molar-refractivity contribution in [3.05, 3.63) is 81.0 Å². The number of urea groups is 1. The van der Waals surface area contributed by atoms with Gasteiger partial charge in [0.15, 0.2) is 0 Å². The number of thiophene rings is 1. The van der Waals surface area contributed by atoms with Crippen LogP contribution in [0.5, 0.6) is 5.75 Å². The third-order valence-electron chi connectivity index (χ3n) is 7.29. The van der Waals surface area contributed by atoms with Crippen molar-refractivity contribution in [2.24, 2.45) is 5.92 Å². The quantitative estimate of drug-likeness (QED) is 0.331. The molecule has 1 aliphatic rings. The van der Waals surface area contributed by atoms with E-state index < -0.39 is 0 Å². The normalized spacial score (nSPS) is 15.5. The molecule has 0 radical (unpaired) electrons. The van der Waals surface area contributed by atoms with Gasteiger partial charge in [-0.1, -0.05) is 55.7 Å². The first-order valence-corrected chi connectivity index (χ1v) is 14.3. The summed E-state index contributed by atoms with van der Waals surface area (Å²) in [7, 11) is 0. The molecule has 3 amide bonds. The second-order valence-electron chi connectivity index (χ2n) is 10.4. The molecule has 2 heterocycles. The molecule has 202 valence electrons. The minimum absolute atomic E-state index is 0.0293. The van der Waals surface area contributed by atoms with Gasteiger partial charge in [-0.15, -0.1) is 11.3 Å².